The minimum Gasteiger partial charge on any atom is -0.338 e. The molecule has 1 atom stereocenters. The average Bonchev–Trinajstić information content (AvgIpc) is 3.38. The fraction of sp³-hybridized carbons (Fsp3) is 0.409. The lowest BCUT2D eigenvalue weighted by Crippen LogP contribution is -2.37. The summed E-state index contributed by atoms with van der Waals surface area (Å²) in [5, 5.41) is 6.81. The first-order chi connectivity index (χ1) is 13.7. The number of carbonyl (C=O) groups is 1. The minimum atomic E-state index is 0.188. The molecule has 2 aliphatic rings. The predicted molar refractivity (Wildman–Crippen MR) is 111 cm³/mol. The van der Waals surface area contributed by atoms with Gasteiger partial charge in [-0.2, -0.15) is 0 Å². The maximum absolute atomic E-state index is 13.0. The fourth-order valence-corrected chi connectivity index (χ4v) is 5.17. The summed E-state index contributed by atoms with van der Waals surface area (Å²) in [6, 6.07) is 6.75. The first-order valence-electron chi connectivity index (χ1n) is 10.00. The Morgan fingerprint density at radius 1 is 1.39 bits per heavy atom. The number of benzene rings is 1. The lowest BCUT2D eigenvalue weighted by atomic mass is 10.0. The van der Waals surface area contributed by atoms with Crippen molar-refractivity contribution >= 4 is 27.3 Å². The Kier molecular flexibility index (Phi) is 4.61. The van der Waals surface area contributed by atoms with E-state index in [-0.39, 0.29) is 5.91 Å². The summed E-state index contributed by atoms with van der Waals surface area (Å²) in [4.78, 5) is 24.3. The summed E-state index contributed by atoms with van der Waals surface area (Å²) in [5.41, 5.74) is 4.57. The third-order valence-electron chi connectivity index (χ3n) is 5.83. The second-order valence-corrected chi connectivity index (χ2v) is 8.76. The van der Waals surface area contributed by atoms with Gasteiger partial charge in [0.2, 0.25) is 5.91 Å². The Bertz CT molecular complexity index is 1040. The number of hydrogen-bond donors (Lipinski definition) is 1. The van der Waals surface area contributed by atoms with Crippen molar-refractivity contribution in [2.45, 2.75) is 45.2 Å². The van der Waals surface area contributed by atoms with Crippen molar-refractivity contribution in [3.8, 4) is 0 Å². The first-order valence-corrected chi connectivity index (χ1v) is 10.9. The molecule has 1 unspecified atom stereocenters. The van der Waals surface area contributed by atoms with Gasteiger partial charge in [-0.3, -0.25) is 4.79 Å². The molecule has 0 radical (unpaired) electrons. The number of carbonyl (C=O) groups excluding carboxylic acids is 1. The highest BCUT2D eigenvalue weighted by Gasteiger charge is 2.25. The number of nitrogens with zero attached hydrogens (tertiary/aromatic N) is 3. The van der Waals surface area contributed by atoms with E-state index in [1.54, 1.807) is 11.3 Å². The lowest BCUT2D eigenvalue weighted by molar-refractivity contribution is -0.131. The van der Waals surface area contributed by atoms with Crippen LogP contribution in [-0.2, 0) is 24.2 Å². The van der Waals surface area contributed by atoms with Crippen molar-refractivity contribution in [1.82, 2.24) is 20.2 Å². The Morgan fingerprint density at radius 2 is 2.32 bits per heavy atom. The quantitative estimate of drug-likeness (QED) is 0.741. The molecule has 2 aromatic heterocycles. The summed E-state index contributed by atoms with van der Waals surface area (Å²) in [6.45, 7) is 4.50. The molecule has 0 bridgehead atoms. The molecular weight excluding hydrogens is 368 g/mol. The molecule has 144 valence electrons. The lowest BCUT2D eigenvalue weighted by Gasteiger charge is -2.28. The van der Waals surface area contributed by atoms with Crippen LogP contribution in [0.3, 0.4) is 0 Å². The van der Waals surface area contributed by atoms with E-state index in [9.17, 15) is 4.79 Å². The zero-order valence-corrected chi connectivity index (χ0v) is 16.9. The monoisotopic (exact) mass is 392 g/mol. The zero-order valence-electron chi connectivity index (χ0n) is 16.1. The summed E-state index contributed by atoms with van der Waals surface area (Å²) in [5.74, 6) is 1.10. The predicted octanol–water partition coefficient (Wildman–Crippen LogP) is 3.55. The van der Waals surface area contributed by atoms with E-state index in [2.05, 4.69) is 40.8 Å². The minimum absolute atomic E-state index is 0.188. The molecule has 1 amide bonds. The van der Waals surface area contributed by atoms with E-state index in [1.807, 2.05) is 11.1 Å². The number of aryl methyl sites for hydroxylation is 1. The highest BCUT2D eigenvalue weighted by atomic mass is 32.1. The summed E-state index contributed by atoms with van der Waals surface area (Å²) < 4.78 is 1.25. The van der Waals surface area contributed by atoms with Crippen LogP contribution in [0.5, 0.6) is 0 Å². The maximum Gasteiger partial charge on any atom is 0.227 e. The van der Waals surface area contributed by atoms with Crippen molar-refractivity contribution in [3.05, 3.63) is 58.0 Å². The molecule has 1 N–H and O–H groups in total. The van der Waals surface area contributed by atoms with Gasteiger partial charge in [-0.05, 0) is 48.7 Å². The van der Waals surface area contributed by atoms with E-state index in [0.717, 1.165) is 48.6 Å². The molecule has 3 aromatic rings. The fourth-order valence-electron chi connectivity index (χ4n) is 4.22. The van der Waals surface area contributed by atoms with E-state index in [0.29, 0.717) is 19.0 Å². The highest BCUT2D eigenvalue weighted by molar-refractivity contribution is 7.17. The summed E-state index contributed by atoms with van der Waals surface area (Å²) >= 11 is 1.72. The van der Waals surface area contributed by atoms with Crippen molar-refractivity contribution in [2.24, 2.45) is 0 Å². The molecule has 0 saturated carbocycles. The number of thiophene rings is 1. The molecule has 4 heterocycles. The van der Waals surface area contributed by atoms with Gasteiger partial charge in [-0.15, -0.1) is 11.3 Å². The van der Waals surface area contributed by atoms with Gasteiger partial charge < -0.3 is 10.2 Å². The van der Waals surface area contributed by atoms with Crippen LogP contribution in [0.15, 0.2) is 29.8 Å². The van der Waals surface area contributed by atoms with Gasteiger partial charge in [0.25, 0.3) is 0 Å². The Morgan fingerprint density at radius 3 is 3.18 bits per heavy atom. The molecule has 1 saturated heterocycles. The largest absolute Gasteiger partial charge is 0.338 e. The van der Waals surface area contributed by atoms with Crippen LogP contribution in [0.25, 0.3) is 10.1 Å². The SMILES string of the molecule is Cc1ccc2scc(CC(=O)N3CCc4nc(C5CCCN5)ncc4C3)c2c1. The number of hydrogen-bond acceptors (Lipinski definition) is 5. The van der Waals surface area contributed by atoms with Crippen molar-refractivity contribution in [1.29, 1.82) is 0 Å². The molecule has 0 spiro atoms. The molecule has 2 aliphatic heterocycles. The molecule has 6 heteroatoms. The zero-order chi connectivity index (χ0) is 19.1. The van der Waals surface area contributed by atoms with Crippen molar-refractivity contribution < 1.29 is 4.79 Å². The van der Waals surface area contributed by atoms with Crippen LogP contribution >= 0.6 is 11.3 Å². The third-order valence-corrected chi connectivity index (χ3v) is 6.84. The highest BCUT2D eigenvalue weighted by Crippen LogP contribution is 2.28. The Balaban J connectivity index is 1.31. The van der Waals surface area contributed by atoms with Crippen LogP contribution in [-0.4, -0.2) is 33.9 Å². The van der Waals surface area contributed by atoms with Gasteiger partial charge in [-0.1, -0.05) is 17.7 Å². The van der Waals surface area contributed by atoms with Crippen LogP contribution in [0.1, 0.15) is 47.1 Å². The molecule has 5 nitrogen and oxygen atoms in total. The number of aromatic nitrogens is 2. The summed E-state index contributed by atoms with van der Waals surface area (Å²) in [7, 11) is 0. The van der Waals surface area contributed by atoms with E-state index in [1.165, 1.54) is 22.1 Å². The van der Waals surface area contributed by atoms with Gasteiger partial charge in [0.1, 0.15) is 5.82 Å². The second-order valence-electron chi connectivity index (χ2n) is 7.85. The summed E-state index contributed by atoms with van der Waals surface area (Å²) in [6.07, 6.45) is 5.50. The van der Waals surface area contributed by atoms with Crippen LogP contribution in [0.4, 0.5) is 0 Å². The second kappa shape index (κ2) is 7.26. The normalized spacial score (nSPS) is 19.2. The number of nitrogens with one attached hydrogen (secondary N) is 1. The van der Waals surface area contributed by atoms with Gasteiger partial charge in [0.05, 0.1) is 18.2 Å². The van der Waals surface area contributed by atoms with Crippen molar-refractivity contribution in [2.75, 3.05) is 13.1 Å². The molecule has 1 aromatic carbocycles. The van der Waals surface area contributed by atoms with Gasteiger partial charge in [0.15, 0.2) is 0 Å². The van der Waals surface area contributed by atoms with Crippen LogP contribution < -0.4 is 5.32 Å². The van der Waals surface area contributed by atoms with E-state index in [4.69, 9.17) is 4.98 Å². The standard InChI is InChI=1S/C22H24N4OS/c1-14-4-5-20-17(9-14)15(13-28-20)10-21(27)26-8-6-18-16(12-26)11-24-22(25-18)19-3-2-7-23-19/h4-5,9,11,13,19,23H,2-3,6-8,10,12H2,1H3. The van der Waals surface area contributed by atoms with E-state index < -0.39 is 0 Å². The number of fused-ring (bicyclic) bond motifs is 2. The average molecular weight is 393 g/mol. The Labute approximate surface area is 168 Å². The van der Waals surface area contributed by atoms with Crippen LogP contribution in [0, 0.1) is 6.92 Å². The van der Waals surface area contributed by atoms with Gasteiger partial charge >= 0.3 is 0 Å². The van der Waals surface area contributed by atoms with Gasteiger partial charge in [-0.25, -0.2) is 9.97 Å². The maximum atomic E-state index is 13.0. The van der Waals surface area contributed by atoms with Crippen molar-refractivity contribution in [3.63, 3.8) is 0 Å². The number of amides is 1. The van der Waals surface area contributed by atoms with Gasteiger partial charge in [0, 0.05) is 36.0 Å². The van der Waals surface area contributed by atoms with E-state index >= 15 is 0 Å². The number of rotatable bonds is 3. The Hall–Kier alpha value is -2.31. The smallest absolute Gasteiger partial charge is 0.227 e. The molecule has 0 aliphatic carbocycles. The first kappa shape index (κ1) is 17.8. The molecule has 28 heavy (non-hydrogen) atoms. The topological polar surface area (TPSA) is 58.1 Å². The van der Waals surface area contributed by atoms with Crippen LogP contribution in [0.2, 0.25) is 0 Å². The molecular formula is C22H24N4OS. The molecule has 5 rings (SSSR count). The molecule has 1 fully saturated rings. The third kappa shape index (κ3) is 3.31.